The van der Waals surface area contributed by atoms with E-state index in [9.17, 15) is 0 Å². The Kier molecular flexibility index (Phi) is 6.30. The van der Waals surface area contributed by atoms with Crippen molar-refractivity contribution < 1.29 is 4.74 Å². The number of hydrogen-bond acceptors (Lipinski definition) is 3. The van der Waals surface area contributed by atoms with Gasteiger partial charge in [-0.2, -0.15) is 0 Å². The van der Waals surface area contributed by atoms with E-state index in [0.717, 1.165) is 31.2 Å². The van der Waals surface area contributed by atoms with E-state index in [-0.39, 0.29) is 0 Å². The molecule has 0 radical (unpaired) electrons. The zero-order valence-corrected chi connectivity index (χ0v) is 13.2. The Morgan fingerprint density at radius 3 is 2.65 bits per heavy atom. The summed E-state index contributed by atoms with van der Waals surface area (Å²) in [7, 11) is 2.15. The van der Waals surface area contributed by atoms with Crippen molar-refractivity contribution in [3.63, 3.8) is 0 Å². The molecule has 0 amide bonds. The van der Waals surface area contributed by atoms with E-state index in [2.05, 4.69) is 36.3 Å². The molecule has 4 heteroatoms. The normalized spacial score (nSPS) is 22.6. The van der Waals surface area contributed by atoms with Gasteiger partial charge in [-0.1, -0.05) is 30.7 Å². The van der Waals surface area contributed by atoms with Crippen LogP contribution in [0, 0.1) is 0 Å². The number of nitrogens with one attached hydrogen (secondary N) is 1. The summed E-state index contributed by atoms with van der Waals surface area (Å²) in [6.07, 6.45) is 3.10. The zero-order chi connectivity index (χ0) is 14.4. The number of benzene rings is 1. The molecule has 1 fully saturated rings. The predicted molar refractivity (Wildman–Crippen MR) is 84.2 cm³/mol. The third-order valence-electron chi connectivity index (χ3n) is 3.70. The van der Waals surface area contributed by atoms with E-state index in [0.29, 0.717) is 12.2 Å². The second-order valence-electron chi connectivity index (χ2n) is 5.59. The van der Waals surface area contributed by atoms with E-state index in [4.69, 9.17) is 16.3 Å². The average molecular weight is 297 g/mol. The lowest BCUT2D eigenvalue weighted by Gasteiger charge is -2.21. The highest BCUT2D eigenvalue weighted by atomic mass is 35.5. The van der Waals surface area contributed by atoms with Crippen molar-refractivity contribution in [3.8, 4) is 0 Å². The molecule has 0 aliphatic carbocycles. The lowest BCUT2D eigenvalue weighted by Crippen LogP contribution is -2.31. The summed E-state index contributed by atoms with van der Waals surface area (Å²) in [5.41, 5.74) is 1.29. The number of likely N-dealkylation sites (N-methyl/N-ethyl adjacent to an activating group) is 2. The van der Waals surface area contributed by atoms with Gasteiger partial charge in [0.1, 0.15) is 0 Å². The molecular formula is C16H25ClN2O. The average Bonchev–Trinajstić information content (AvgIpc) is 2.86. The molecule has 2 atom stereocenters. The van der Waals surface area contributed by atoms with Gasteiger partial charge in [-0.15, -0.1) is 0 Å². The Labute approximate surface area is 127 Å². The molecule has 1 aromatic rings. The molecule has 1 aliphatic heterocycles. The van der Waals surface area contributed by atoms with Gasteiger partial charge in [-0.05, 0) is 44.1 Å². The van der Waals surface area contributed by atoms with Crippen LogP contribution in [0.1, 0.15) is 25.3 Å². The SMILES string of the molecule is CCNCC1CCC(CN(C)Cc2ccc(Cl)cc2)O1. The van der Waals surface area contributed by atoms with Crippen molar-refractivity contribution in [2.75, 3.05) is 26.7 Å². The van der Waals surface area contributed by atoms with Crippen molar-refractivity contribution in [2.24, 2.45) is 0 Å². The standard InChI is InChI=1S/C16H25ClN2O/c1-3-18-10-15-8-9-16(20-15)12-19(2)11-13-4-6-14(17)7-5-13/h4-7,15-16,18H,3,8-12H2,1-2H3. The van der Waals surface area contributed by atoms with Crippen LogP contribution in [0.15, 0.2) is 24.3 Å². The van der Waals surface area contributed by atoms with Crippen molar-refractivity contribution in [1.82, 2.24) is 10.2 Å². The number of halogens is 1. The Bertz CT molecular complexity index is 396. The molecule has 1 aliphatic rings. The molecule has 0 saturated carbocycles. The summed E-state index contributed by atoms with van der Waals surface area (Å²) >= 11 is 5.90. The maximum absolute atomic E-state index is 6.07. The van der Waals surface area contributed by atoms with Crippen LogP contribution in [0.3, 0.4) is 0 Å². The molecule has 0 bridgehead atoms. The zero-order valence-electron chi connectivity index (χ0n) is 12.4. The lowest BCUT2D eigenvalue weighted by molar-refractivity contribution is 0.0270. The minimum atomic E-state index is 0.371. The van der Waals surface area contributed by atoms with Gasteiger partial charge in [-0.25, -0.2) is 0 Å². The Balaban J connectivity index is 1.72. The smallest absolute Gasteiger partial charge is 0.0707 e. The number of hydrogen-bond donors (Lipinski definition) is 1. The molecule has 112 valence electrons. The fourth-order valence-corrected chi connectivity index (χ4v) is 2.81. The first-order valence-electron chi connectivity index (χ1n) is 7.46. The number of ether oxygens (including phenoxy) is 1. The monoisotopic (exact) mass is 296 g/mol. The highest BCUT2D eigenvalue weighted by molar-refractivity contribution is 6.30. The number of nitrogens with zero attached hydrogens (tertiary/aromatic N) is 1. The van der Waals surface area contributed by atoms with Crippen molar-refractivity contribution in [2.45, 2.75) is 38.5 Å². The third-order valence-corrected chi connectivity index (χ3v) is 3.95. The van der Waals surface area contributed by atoms with Crippen LogP contribution in [0.4, 0.5) is 0 Å². The van der Waals surface area contributed by atoms with Crippen LogP contribution in [-0.4, -0.2) is 43.8 Å². The number of rotatable bonds is 7. The van der Waals surface area contributed by atoms with Crippen LogP contribution in [0.25, 0.3) is 0 Å². The minimum absolute atomic E-state index is 0.371. The molecule has 2 unspecified atom stereocenters. The van der Waals surface area contributed by atoms with Crippen LogP contribution < -0.4 is 5.32 Å². The summed E-state index contributed by atoms with van der Waals surface area (Å²) in [5.74, 6) is 0. The first-order chi connectivity index (χ1) is 9.67. The van der Waals surface area contributed by atoms with E-state index in [1.807, 2.05) is 12.1 Å². The first-order valence-corrected chi connectivity index (χ1v) is 7.84. The molecule has 1 aromatic carbocycles. The fraction of sp³-hybridized carbons (Fsp3) is 0.625. The Hall–Kier alpha value is -0.610. The molecule has 0 spiro atoms. The van der Waals surface area contributed by atoms with E-state index >= 15 is 0 Å². The lowest BCUT2D eigenvalue weighted by atomic mass is 10.1. The largest absolute Gasteiger partial charge is 0.372 e. The van der Waals surface area contributed by atoms with E-state index < -0.39 is 0 Å². The maximum Gasteiger partial charge on any atom is 0.0707 e. The molecule has 0 aromatic heterocycles. The van der Waals surface area contributed by atoms with Crippen LogP contribution in [-0.2, 0) is 11.3 Å². The molecule has 3 nitrogen and oxygen atoms in total. The van der Waals surface area contributed by atoms with Gasteiger partial charge in [0.2, 0.25) is 0 Å². The van der Waals surface area contributed by atoms with Gasteiger partial charge in [-0.3, -0.25) is 4.90 Å². The molecular weight excluding hydrogens is 272 g/mol. The fourth-order valence-electron chi connectivity index (χ4n) is 2.68. The highest BCUT2D eigenvalue weighted by Gasteiger charge is 2.25. The van der Waals surface area contributed by atoms with Gasteiger partial charge >= 0.3 is 0 Å². The van der Waals surface area contributed by atoms with E-state index in [1.54, 1.807) is 0 Å². The van der Waals surface area contributed by atoms with Crippen molar-refractivity contribution >= 4 is 11.6 Å². The second-order valence-corrected chi connectivity index (χ2v) is 6.02. The molecule has 1 heterocycles. The van der Waals surface area contributed by atoms with E-state index in [1.165, 1.54) is 18.4 Å². The minimum Gasteiger partial charge on any atom is -0.372 e. The van der Waals surface area contributed by atoms with Crippen molar-refractivity contribution in [3.05, 3.63) is 34.9 Å². The van der Waals surface area contributed by atoms with Gasteiger partial charge < -0.3 is 10.1 Å². The predicted octanol–water partition coefficient (Wildman–Crippen LogP) is 2.93. The Morgan fingerprint density at radius 1 is 1.25 bits per heavy atom. The summed E-state index contributed by atoms with van der Waals surface area (Å²) in [4.78, 5) is 2.32. The summed E-state index contributed by atoms with van der Waals surface area (Å²) in [6, 6.07) is 8.07. The molecule has 1 N–H and O–H groups in total. The highest BCUT2D eigenvalue weighted by Crippen LogP contribution is 2.20. The summed E-state index contributed by atoms with van der Waals surface area (Å²) < 4.78 is 6.07. The quantitative estimate of drug-likeness (QED) is 0.837. The van der Waals surface area contributed by atoms with Crippen LogP contribution in [0.2, 0.25) is 5.02 Å². The molecule has 20 heavy (non-hydrogen) atoms. The topological polar surface area (TPSA) is 24.5 Å². The van der Waals surface area contributed by atoms with Gasteiger partial charge in [0.05, 0.1) is 12.2 Å². The van der Waals surface area contributed by atoms with Crippen LogP contribution in [0.5, 0.6) is 0 Å². The second kappa shape index (κ2) is 7.99. The van der Waals surface area contributed by atoms with Gasteiger partial charge in [0.15, 0.2) is 0 Å². The third kappa shape index (κ3) is 5.06. The summed E-state index contributed by atoms with van der Waals surface area (Å²) in [5, 5.41) is 4.15. The molecule has 1 saturated heterocycles. The van der Waals surface area contributed by atoms with Gasteiger partial charge in [0, 0.05) is 24.7 Å². The first kappa shape index (κ1) is 15.8. The summed E-state index contributed by atoms with van der Waals surface area (Å²) in [6.45, 7) is 6.06. The van der Waals surface area contributed by atoms with Crippen molar-refractivity contribution in [1.29, 1.82) is 0 Å². The molecule has 2 rings (SSSR count). The van der Waals surface area contributed by atoms with Gasteiger partial charge in [0.25, 0.3) is 0 Å². The van der Waals surface area contributed by atoms with Crippen LogP contribution >= 0.6 is 11.6 Å². The Morgan fingerprint density at radius 2 is 1.95 bits per heavy atom. The maximum atomic E-state index is 6.07.